The molecule has 0 amide bonds. The molecular weight excluding hydrogens is 202 g/mol. The van der Waals surface area contributed by atoms with E-state index in [1.54, 1.807) is 12.3 Å². The van der Waals surface area contributed by atoms with E-state index in [1.807, 2.05) is 6.92 Å². The number of rotatable bonds is 3. The molecule has 1 atom stereocenters. The monoisotopic (exact) mass is 217 g/mol. The minimum Gasteiger partial charge on any atom is -0.490 e. The van der Waals surface area contributed by atoms with Crippen LogP contribution in [-0.2, 0) is 0 Å². The quantitative estimate of drug-likeness (QED) is 0.766. The van der Waals surface area contributed by atoms with Crippen molar-refractivity contribution in [2.45, 2.75) is 19.4 Å². The van der Waals surface area contributed by atoms with Gasteiger partial charge in [-0.05, 0) is 26.9 Å². The summed E-state index contributed by atoms with van der Waals surface area (Å²) < 4.78 is 5.62. The molecule has 2 rings (SSSR count). The summed E-state index contributed by atoms with van der Waals surface area (Å²) in [4.78, 5) is 6.39. The number of ether oxygens (including phenoxy) is 1. The van der Waals surface area contributed by atoms with Crippen molar-refractivity contribution in [3.8, 4) is 11.8 Å². The molecule has 0 N–H and O–H groups in total. The van der Waals surface area contributed by atoms with Crippen LogP contribution >= 0.6 is 0 Å². The van der Waals surface area contributed by atoms with Gasteiger partial charge in [-0.3, -0.25) is 9.88 Å². The van der Waals surface area contributed by atoms with Crippen molar-refractivity contribution in [3.05, 3.63) is 23.5 Å². The van der Waals surface area contributed by atoms with Crippen LogP contribution in [0.2, 0.25) is 0 Å². The number of hydrogen-bond acceptors (Lipinski definition) is 4. The van der Waals surface area contributed by atoms with E-state index >= 15 is 0 Å². The van der Waals surface area contributed by atoms with E-state index in [0.717, 1.165) is 12.2 Å². The SMILES string of the molecule is Cc1ncc(OCC2CCN2C)cc1C#N. The van der Waals surface area contributed by atoms with E-state index in [9.17, 15) is 0 Å². The fraction of sp³-hybridized carbons (Fsp3) is 0.500. The van der Waals surface area contributed by atoms with E-state index in [2.05, 4.69) is 23.0 Å². The van der Waals surface area contributed by atoms with E-state index in [0.29, 0.717) is 24.0 Å². The van der Waals surface area contributed by atoms with Gasteiger partial charge in [0.05, 0.1) is 17.5 Å². The molecule has 1 unspecified atom stereocenters. The van der Waals surface area contributed by atoms with Crippen LogP contribution in [0.4, 0.5) is 0 Å². The number of likely N-dealkylation sites (N-methyl/N-ethyl adjacent to an activating group) is 1. The van der Waals surface area contributed by atoms with E-state index in [1.165, 1.54) is 6.42 Å². The van der Waals surface area contributed by atoms with Crippen LogP contribution in [0.3, 0.4) is 0 Å². The molecule has 0 aliphatic carbocycles. The average Bonchev–Trinajstić information content (AvgIpc) is 2.29. The average molecular weight is 217 g/mol. The molecule has 1 aromatic heterocycles. The first-order valence-corrected chi connectivity index (χ1v) is 5.40. The number of aromatic nitrogens is 1. The summed E-state index contributed by atoms with van der Waals surface area (Å²) in [5.74, 6) is 0.683. The summed E-state index contributed by atoms with van der Waals surface area (Å²) in [5.41, 5.74) is 1.33. The number of aryl methyl sites for hydroxylation is 1. The van der Waals surface area contributed by atoms with Gasteiger partial charge in [-0.15, -0.1) is 0 Å². The molecule has 16 heavy (non-hydrogen) atoms. The largest absolute Gasteiger partial charge is 0.490 e. The van der Waals surface area contributed by atoms with Gasteiger partial charge in [0.15, 0.2) is 0 Å². The lowest BCUT2D eigenvalue weighted by Gasteiger charge is -2.37. The molecule has 1 aromatic rings. The van der Waals surface area contributed by atoms with Gasteiger partial charge in [0, 0.05) is 12.1 Å². The van der Waals surface area contributed by atoms with Crippen molar-refractivity contribution in [2.24, 2.45) is 0 Å². The Bertz CT molecular complexity index is 425. The smallest absolute Gasteiger partial charge is 0.139 e. The summed E-state index contributed by atoms with van der Waals surface area (Å²) in [6.07, 6.45) is 2.86. The highest BCUT2D eigenvalue weighted by molar-refractivity contribution is 5.37. The normalized spacial score (nSPS) is 19.9. The van der Waals surface area contributed by atoms with Gasteiger partial charge in [-0.25, -0.2) is 0 Å². The summed E-state index contributed by atoms with van der Waals surface area (Å²) in [6, 6.07) is 4.36. The third-order valence-corrected chi connectivity index (χ3v) is 3.06. The Morgan fingerprint density at radius 1 is 1.69 bits per heavy atom. The number of hydrogen-bond donors (Lipinski definition) is 0. The van der Waals surface area contributed by atoms with E-state index in [-0.39, 0.29) is 0 Å². The van der Waals surface area contributed by atoms with Crippen molar-refractivity contribution in [3.63, 3.8) is 0 Å². The Labute approximate surface area is 95.5 Å². The predicted molar refractivity (Wildman–Crippen MR) is 60.2 cm³/mol. The minimum atomic E-state index is 0.506. The highest BCUT2D eigenvalue weighted by atomic mass is 16.5. The van der Waals surface area contributed by atoms with Gasteiger partial charge in [0.25, 0.3) is 0 Å². The summed E-state index contributed by atoms with van der Waals surface area (Å²) >= 11 is 0. The Morgan fingerprint density at radius 3 is 3.06 bits per heavy atom. The second kappa shape index (κ2) is 4.50. The highest BCUT2D eigenvalue weighted by Gasteiger charge is 2.24. The molecule has 1 fully saturated rings. The predicted octanol–water partition coefficient (Wildman–Crippen LogP) is 1.34. The summed E-state index contributed by atoms with van der Waals surface area (Å²) in [7, 11) is 2.09. The molecule has 1 aliphatic rings. The lowest BCUT2D eigenvalue weighted by molar-refractivity contribution is 0.0767. The van der Waals surface area contributed by atoms with Crippen molar-refractivity contribution in [1.82, 2.24) is 9.88 Å². The zero-order chi connectivity index (χ0) is 11.5. The Morgan fingerprint density at radius 2 is 2.50 bits per heavy atom. The molecule has 0 bridgehead atoms. The molecule has 1 aliphatic heterocycles. The molecule has 4 heteroatoms. The second-order valence-electron chi connectivity index (χ2n) is 4.15. The number of nitriles is 1. The van der Waals surface area contributed by atoms with Gasteiger partial charge in [0.2, 0.25) is 0 Å². The van der Waals surface area contributed by atoms with Crippen LogP contribution in [0, 0.1) is 18.3 Å². The number of pyridine rings is 1. The first-order chi connectivity index (χ1) is 7.70. The van der Waals surface area contributed by atoms with Crippen LogP contribution in [0.1, 0.15) is 17.7 Å². The Kier molecular flexibility index (Phi) is 3.07. The van der Waals surface area contributed by atoms with Crippen LogP contribution < -0.4 is 4.74 Å². The van der Waals surface area contributed by atoms with Crippen molar-refractivity contribution in [1.29, 1.82) is 5.26 Å². The maximum atomic E-state index is 8.87. The molecule has 4 nitrogen and oxygen atoms in total. The van der Waals surface area contributed by atoms with Gasteiger partial charge >= 0.3 is 0 Å². The van der Waals surface area contributed by atoms with Gasteiger partial charge in [0.1, 0.15) is 18.4 Å². The first-order valence-electron chi connectivity index (χ1n) is 5.40. The maximum Gasteiger partial charge on any atom is 0.139 e. The fourth-order valence-electron chi connectivity index (χ4n) is 1.68. The van der Waals surface area contributed by atoms with Crippen molar-refractivity contribution < 1.29 is 4.74 Å². The molecule has 0 aromatic carbocycles. The van der Waals surface area contributed by atoms with E-state index < -0.39 is 0 Å². The third-order valence-electron chi connectivity index (χ3n) is 3.06. The lowest BCUT2D eigenvalue weighted by Crippen LogP contribution is -2.48. The first kappa shape index (κ1) is 10.9. The Hall–Kier alpha value is -1.60. The molecule has 0 spiro atoms. The molecular formula is C12H15N3O. The summed E-state index contributed by atoms with van der Waals surface area (Å²) in [6.45, 7) is 3.64. The standard InChI is InChI=1S/C12H15N3O/c1-9-10(6-13)5-12(7-14-9)16-8-11-3-4-15(11)2/h5,7,11H,3-4,8H2,1-2H3. The number of likely N-dealkylation sites (tertiary alicyclic amines) is 1. The van der Waals surface area contributed by atoms with Crippen LogP contribution in [-0.4, -0.2) is 36.1 Å². The number of nitrogens with zero attached hydrogens (tertiary/aromatic N) is 3. The second-order valence-corrected chi connectivity index (χ2v) is 4.15. The zero-order valence-corrected chi connectivity index (χ0v) is 9.60. The van der Waals surface area contributed by atoms with Crippen molar-refractivity contribution >= 4 is 0 Å². The van der Waals surface area contributed by atoms with Crippen LogP contribution in [0.25, 0.3) is 0 Å². The van der Waals surface area contributed by atoms with Crippen LogP contribution in [0.15, 0.2) is 12.3 Å². The third kappa shape index (κ3) is 2.15. The van der Waals surface area contributed by atoms with Crippen molar-refractivity contribution in [2.75, 3.05) is 20.2 Å². The lowest BCUT2D eigenvalue weighted by atomic mass is 10.1. The molecule has 2 heterocycles. The van der Waals surface area contributed by atoms with Gasteiger partial charge in [-0.1, -0.05) is 0 Å². The highest BCUT2D eigenvalue weighted by Crippen LogP contribution is 2.18. The van der Waals surface area contributed by atoms with Gasteiger partial charge in [-0.2, -0.15) is 5.26 Å². The maximum absolute atomic E-state index is 8.87. The van der Waals surface area contributed by atoms with E-state index in [4.69, 9.17) is 10.00 Å². The van der Waals surface area contributed by atoms with Crippen LogP contribution in [0.5, 0.6) is 5.75 Å². The molecule has 1 saturated heterocycles. The molecule has 84 valence electrons. The Balaban J connectivity index is 1.97. The summed E-state index contributed by atoms with van der Waals surface area (Å²) in [5, 5.41) is 8.87. The molecule has 0 saturated carbocycles. The minimum absolute atomic E-state index is 0.506. The van der Waals surface area contributed by atoms with Gasteiger partial charge < -0.3 is 4.74 Å². The zero-order valence-electron chi connectivity index (χ0n) is 9.60. The fourth-order valence-corrected chi connectivity index (χ4v) is 1.68. The molecule has 0 radical (unpaired) electrons. The topological polar surface area (TPSA) is 49.1 Å².